The maximum atomic E-state index is 11.9. The topological polar surface area (TPSA) is 75.3 Å². The van der Waals surface area contributed by atoms with Crippen molar-refractivity contribution in [3.05, 3.63) is 0 Å². The highest BCUT2D eigenvalue weighted by molar-refractivity contribution is 7.91. The lowest BCUT2D eigenvalue weighted by Crippen LogP contribution is -2.46. The molecule has 1 saturated carbocycles. The smallest absolute Gasteiger partial charge is 0.315 e. The summed E-state index contributed by atoms with van der Waals surface area (Å²) < 4.78 is 22.6. The minimum atomic E-state index is -2.93. The molecule has 1 aliphatic heterocycles. The Labute approximate surface area is 115 Å². The van der Waals surface area contributed by atoms with E-state index < -0.39 is 9.84 Å². The van der Waals surface area contributed by atoms with Crippen LogP contribution in [0.3, 0.4) is 0 Å². The largest absolute Gasteiger partial charge is 0.335 e. The number of nitrogens with one attached hydrogen (secondary N) is 2. The Bertz CT molecular complexity index is 400. The number of hydrogen-bond donors (Lipinski definition) is 2. The summed E-state index contributed by atoms with van der Waals surface area (Å²) in [5.74, 6) is 0.284. The second kappa shape index (κ2) is 6.59. The Kier molecular flexibility index (Phi) is 5.07. The lowest BCUT2D eigenvalue weighted by Gasteiger charge is -2.22. The van der Waals surface area contributed by atoms with Crippen LogP contribution in [0.1, 0.15) is 51.4 Å². The maximum absolute atomic E-state index is 11.9. The van der Waals surface area contributed by atoms with Gasteiger partial charge in [0.15, 0.2) is 9.84 Å². The van der Waals surface area contributed by atoms with Crippen LogP contribution in [-0.4, -0.2) is 38.0 Å². The van der Waals surface area contributed by atoms with Crippen molar-refractivity contribution in [1.82, 2.24) is 10.6 Å². The summed E-state index contributed by atoms with van der Waals surface area (Å²) >= 11 is 0. The summed E-state index contributed by atoms with van der Waals surface area (Å²) in [6.07, 6.45) is 8.76. The number of carbonyl (C=O) groups is 1. The molecule has 2 fully saturated rings. The molecule has 2 aliphatic rings. The molecule has 0 aromatic rings. The first kappa shape index (κ1) is 14.6. The first-order chi connectivity index (χ1) is 9.05. The Morgan fingerprint density at radius 1 is 0.842 bits per heavy atom. The molecule has 0 spiro atoms. The van der Waals surface area contributed by atoms with E-state index in [1.807, 2.05) is 0 Å². The highest BCUT2D eigenvalue weighted by Crippen LogP contribution is 2.17. The fourth-order valence-electron chi connectivity index (χ4n) is 2.92. The van der Waals surface area contributed by atoms with E-state index in [0.29, 0.717) is 6.42 Å². The van der Waals surface area contributed by atoms with Gasteiger partial charge in [-0.2, -0.15) is 0 Å². The fourth-order valence-corrected chi connectivity index (χ4v) is 4.60. The molecule has 1 heterocycles. The molecule has 6 heteroatoms. The van der Waals surface area contributed by atoms with Gasteiger partial charge < -0.3 is 10.6 Å². The van der Waals surface area contributed by atoms with Gasteiger partial charge in [0.05, 0.1) is 11.5 Å². The van der Waals surface area contributed by atoms with Crippen LogP contribution in [0.25, 0.3) is 0 Å². The Balaban J connectivity index is 1.74. The Hall–Kier alpha value is -0.780. The second-order valence-corrected chi connectivity index (χ2v) is 7.99. The molecule has 5 nitrogen and oxygen atoms in total. The summed E-state index contributed by atoms with van der Waals surface area (Å²) in [7, 11) is -2.93. The summed E-state index contributed by atoms with van der Waals surface area (Å²) in [6.45, 7) is 0. The first-order valence-corrected chi connectivity index (χ1v) is 9.15. The average molecular weight is 288 g/mol. The number of sulfone groups is 1. The minimum absolute atomic E-state index is 0.0884. The highest BCUT2D eigenvalue weighted by Gasteiger charge is 2.29. The molecule has 1 aliphatic carbocycles. The van der Waals surface area contributed by atoms with Crippen molar-refractivity contribution in [2.75, 3.05) is 11.5 Å². The van der Waals surface area contributed by atoms with E-state index >= 15 is 0 Å². The molecule has 1 unspecified atom stereocenters. The number of rotatable bonds is 2. The molecule has 2 amide bonds. The van der Waals surface area contributed by atoms with E-state index in [0.717, 1.165) is 12.8 Å². The van der Waals surface area contributed by atoms with Crippen molar-refractivity contribution in [3.8, 4) is 0 Å². The van der Waals surface area contributed by atoms with Crippen molar-refractivity contribution >= 4 is 15.9 Å². The highest BCUT2D eigenvalue weighted by atomic mass is 32.2. The van der Waals surface area contributed by atoms with Gasteiger partial charge in [0, 0.05) is 12.1 Å². The molecule has 1 atom stereocenters. The van der Waals surface area contributed by atoms with Gasteiger partial charge in [-0.15, -0.1) is 0 Å². The average Bonchev–Trinajstić information content (AvgIpc) is 2.61. The molecule has 2 rings (SSSR count). The van der Waals surface area contributed by atoms with Crippen molar-refractivity contribution in [1.29, 1.82) is 0 Å². The molecule has 19 heavy (non-hydrogen) atoms. The summed E-state index contributed by atoms with van der Waals surface area (Å²) in [6, 6.07) is -0.162. The third-order valence-electron chi connectivity index (χ3n) is 4.01. The zero-order valence-electron chi connectivity index (χ0n) is 11.4. The Morgan fingerprint density at radius 3 is 2.00 bits per heavy atom. The van der Waals surface area contributed by atoms with Crippen LogP contribution in [0.5, 0.6) is 0 Å². The predicted octanol–water partition coefficient (Wildman–Crippen LogP) is 1.59. The SMILES string of the molecule is O=C(NC1CCCCCCC1)NC1CCS(=O)(=O)C1. The van der Waals surface area contributed by atoms with Crippen LogP contribution in [0.15, 0.2) is 0 Å². The van der Waals surface area contributed by atoms with E-state index in [-0.39, 0.29) is 29.6 Å². The second-order valence-electron chi connectivity index (χ2n) is 5.76. The van der Waals surface area contributed by atoms with Crippen LogP contribution in [0.2, 0.25) is 0 Å². The van der Waals surface area contributed by atoms with Crippen molar-refractivity contribution in [2.24, 2.45) is 0 Å². The Morgan fingerprint density at radius 2 is 1.42 bits per heavy atom. The predicted molar refractivity (Wildman–Crippen MR) is 74.8 cm³/mol. The van der Waals surface area contributed by atoms with Gasteiger partial charge in [0.25, 0.3) is 0 Å². The van der Waals surface area contributed by atoms with Gasteiger partial charge in [0.1, 0.15) is 0 Å². The van der Waals surface area contributed by atoms with Crippen LogP contribution in [-0.2, 0) is 9.84 Å². The number of urea groups is 1. The minimum Gasteiger partial charge on any atom is -0.335 e. The molecule has 0 bridgehead atoms. The fraction of sp³-hybridized carbons (Fsp3) is 0.923. The van der Waals surface area contributed by atoms with Crippen LogP contribution in [0, 0.1) is 0 Å². The molecule has 0 aromatic heterocycles. The van der Waals surface area contributed by atoms with Crippen molar-refractivity contribution < 1.29 is 13.2 Å². The van der Waals surface area contributed by atoms with E-state index in [4.69, 9.17) is 0 Å². The number of carbonyl (C=O) groups excluding carboxylic acids is 1. The third-order valence-corrected chi connectivity index (χ3v) is 5.78. The number of amides is 2. The van der Waals surface area contributed by atoms with E-state index in [1.165, 1.54) is 32.1 Å². The lowest BCUT2D eigenvalue weighted by atomic mass is 9.97. The quantitative estimate of drug-likeness (QED) is 0.810. The summed E-state index contributed by atoms with van der Waals surface area (Å²) in [5, 5.41) is 5.78. The van der Waals surface area contributed by atoms with Gasteiger partial charge in [-0.3, -0.25) is 0 Å². The summed E-state index contributed by atoms with van der Waals surface area (Å²) in [4.78, 5) is 11.9. The molecule has 0 aromatic carbocycles. The normalized spacial score (nSPS) is 28.3. The van der Waals surface area contributed by atoms with Gasteiger partial charge in [-0.25, -0.2) is 13.2 Å². The van der Waals surface area contributed by atoms with E-state index in [2.05, 4.69) is 10.6 Å². The third kappa shape index (κ3) is 5.01. The van der Waals surface area contributed by atoms with Gasteiger partial charge in [0.2, 0.25) is 0 Å². The zero-order chi connectivity index (χ0) is 13.7. The van der Waals surface area contributed by atoms with Crippen LogP contribution < -0.4 is 10.6 Å². The zero-order valence-corrected chi connectivity index (χ0v) is 12.2. The van der Waals surface area contributed by atoms with Gasteiger partial charge >= 0.3 is 6.03 Å². The monoisotopic (exact) mass is 288 g/mol. The molecule has 110 valence electrons. The van der Waals surface area contributed by atoms with Gasteiger partial charge in [-0.1, -0.05) is 32.1 Å². The van der Waals surface area contributed by atoms with Crippen LogP contribution in [0.4, 0.5) is 4.79 Å². The molecule has 1 saturated heterocycles. The first-order valence-electron chi connectivity index (χ1n) is 7.33. The van der Waals surface area contributed by atoms with Crippen molar-refractivity contribution in [3.63, 3.8) is 0 Å². The van der Waals surface area contributed by atoms with E-state index in [1.54, 1.807) is 0 Å². The maximum Gasteiger partial charge on any atom is 0.315 e. The standard InChI is InChI=1S/C13H24N2O3S/c16-13(15-12-8-9-19(17,18)10-12)14-11-6-4-2-1-3-5-7-11/h11-12H,1-10H2,(H2,14,15,16). The molecular formula is C13H24N2O3S. The lowest BCUT2D eigenvalue weighted by molar-refractivity contribution is 0.231. The van der Waals surface area contributed by atoms with Crippen molar-refractivity contribution in [2.45, 2.75) is 63.5 Å². The summed E-state index contributed by atoms with van der Waals surface area (Å²) in [5.41, 5.74) is 0. The molecule has 2 N–H and O–H groups in total. The van der Waals surface area contributed by atoms with Crippen LogP contribution >= 0.6 is 0 Å². The number of hydrogen-bond acceptors (Lipinski definition) is 3. The molecule has 0 radical (unpaired) electrons. The van der Waals surface area contributed by atoms with Gasteiger partial charge in [-0.05, 0) is 19.3 Å². The van der Waals surface area contributed by atoms with E-state index in [9.17, 15) is 13.2 Å². The molecular weight excluding hydrogens is 264 g/mol.